The molecule has 0 bridgehead atoms. The highest BCUT2D eigenvalue weighted by Crippen LogP contribution is 2.14. The third-order valence-corrected chi connectivity index (χ3v) is 2.23. The minimum atomic E-state index is 0.222. The number of pyridine rings is 1. The zero-order valence-electron chi connectivity index (χ0n) is 8.05. The van der Waals surface area contributed by atoms with Crippen molar-refractivity contribution in [3.05, 3.63) is 36.3 Å². The van der Waals surface area contributed by atoms with E-state index in [1.807, 2.05) is 41.9 Å². The van der Waals surface area contributed by atoms with Gasteiger partial charge in [0, 0.05) is 18.3 Å². The van der Waals surface area contributed by atoms with Gasteiger partial charge in [0.1, 0.15) is 5.65 Å². The largest absolute Gasteiger partial charge is 0.307 e. The van der Waals surface area contributed by atoms with Crippen LogP contribution in [0.5, 0.6) is 0 Å². The Morgan fingerprint density at radius 1 is 1.57 bits per heavy atom. The molecule has 0 saturated heterocycles. The Morgan fingerprint density at radius 3 is 3.14 bits per heavy atom. The predicted molar refractivity (Wildman–Crippen MR) is 53.7 cm³/mol. The maximum absolute atomic E-state index is 5.03. The minimum Gasteiger partial charge on any atom is -0.307 e. The van der Waals surface area contributed by atoms with E-state index in [9.17, 15) is 0 Å². The number of hydrogen-bond donors (Lipinski definition) is 1. The Labute approximate surface area is 82.3 Å². The molecule has 0 aliphatic rings. The van der Waals surface area contributed by atoms with Crippen molar-refractivity contribution in [3.8, 4) is 0 Å². The van der Waals surface area contributed by atoms with Crippen LogP contribution in [-0.2, 0) is 4.84 Å². The Balaban J connectivity index is 2.35. The number of rotatable bonds is 3. The van der Waals surface area contributed by atoms with E-state index in [0.29, 0.717) is 6.61 Å². The topological polar surface area (TPSA) is 52.5 Å². The number of nitrogens with zero attached hydrogens (tertiary/aromatic N) is 2. The molecule has 0 fully saturated rings. The molecule has 1 unspecified atom stereocenters. The standard InChI is InChI=1S/C10H13N3O/c1-8(7-14-11)9-6-13-5-3-2-4-10(13)12-9/h2-6,8H,7,11H2,1H3. The summed E-state index contributed by atoms with van der Waals surface area (Å²) in [6.07, 6.45) is 3.97. The van der Waals surface area contributed by atoms with Crippen molar-refractivity contribution in [2.24, 2.45) is 5.90 Å². The molecule has 2 heterocycles. The summed E-state index contributed by atoms with van der Waals surface area (Å²) < 4.78 is 1.99. The van der Waals surface area contributed by atoms with Gasteiger partial charge in [0.2, 0.25) is 0 Å². The van der Waals surface area contributed by atoms with Crippen LogP contribution in [0.15, 0.2) is 30.6 Å². The zero-order chi connectivity index (χ0) is 9.97. The van der Waals surface area contributed by atoms with Crippen molar-refractivity contribution in [2.75, 3.05) is 6.61 Å². The molecule has 0 aliphatic carbocycles. The van der Waals surface area contributed by atoms with Crippen molar-refractivity contribution >= 4 is 5.65 Å². The molecule has 0 amide bonds. The van der Waals surface area contributed by atoms with E-state index in [-0.39, 0.29) is 5.92 Å². The van der Waals surface area contributed by atoms with Gasteiger partial charge in [-0.3, -0.25) is 0 Å². The zero-order valence-corrected chi connectivity index (χ0v) is 8.05. The molecule has 4 nitrogen and oxygen atoms in total. The molecule has 0 saturated carbocycles. The lowest BCUT2D eigenvalue weighted by atomic mass is 10.1. The van der Waals surface area contributed by atoms with Crippen LogP contribution >= 0.6 is 0 Å². The molecule has 2 N–H and O–H groups in total. The van der Waals surface area contributed by atoms with Gasteiger partial charge in [-0.15, -0.1) is 0 Å². The van der Waals surface area contributed by atoms with E-state index >= 15 is 0 Å². The highest BCUT2D eigenvalue weighted by Gasteiger charge is 2.09. The van der Waals surface area contributed by atoms with E-state index in [1.54, 1.807) is 0 Å². The number of fused-ring (bicyclic) bond motifs is 1. The average molecular weight is 191 g/mol. The average Bonchev–Trinajstić information content (AvgIpc) is 2.61. The second-order valence-corrected chi connectivity index (χ2v) is 3.37. The first-order chi connectivity index (χ1) is 6.81. The molecular weight excluding hydrogens is 178 g/mol. The molecule has 2 aromatic rings. The summed E-state index contributed by atoms with van der Waals surface area (Å²) >= 11 is 0. The lowest BCUT2D eigenvalue weighted by Crippen LogP contribution is -2.08. The summed E-state index contributed by atoms with van der Waals surface area (Å²) in [6.45, 7) is 2.53. The summed E-state index contributed by atoms with van der Waals surface area (Å²) in [5, 5.41) is 0. The SMILES string of the molecule is CC(CON)c1cn2ccccc2n1. The highest BCUT2D eigenvalue weighted by molar-refractivity contribution is 5.39. The quantitative estimate of drug-likeness (QED) is 0.744. The van der Waals surface area contributed by atoms with Gasteiger partial charge in [0.15, 0.2) is 0 Å². The Kier molecular flexibility index (Phi) is 2.47. The van der Waals surface area contributed by atoms with Crippen molar-refractivity contribution in [2.45, 2.75) is 12.8 Å². The first kappa shape index (κ1) is 9.18. The molecule has 0 aromatic carbocycles. The molecule has 74 valence electrons. The second-order valence-electron chi connectivity index (χ2n) is 3.37. The van der Waals surface area contributed by atoms with E-state index in [1.165, 1.54) is 0 Å². The second kappa shape index (κ2) is 3.77. The van der Waals surface area contributed by atoms with Crippen molar-refractivity contribution in [3.63, 3.8) is 0 Å². The maximum atomic E-state index is 5.03. The summed E-state index contributed by atoms with van der Waals surface area (Å²) in [5.74, 6) is 5.25. The number of nitrogens with two attached hydrogens (primary N) is 1. The number of imidazole rings is 1. The fraction of sp³-hybridized carbons (Fsp3) is 0.300. The van der Waals surface area contributed by atoms with Gasteiger partial charge in [0.25, 0.3) is 0 Å². The maximum Gasteiger partial charge on any atom is 0.136 e. The normalized spacial score (nSPS) is 13.3. The van der Waals surface area contributed by atoms with E-state index in [0.717, 1.165) is 11.3 Å². The number of aromatic nitrogens is 2. The van der Waals surface area contributed by atoms with Gasteiger partial charge in [0.05, 0.1) is 12.3 Å². The van der Waals surface area contributed by atoms with Crippen LogP contribution in [0.2, 0.25) is 0 Å². The van der Waals surface area contributed by atoms with Crippen molar-refractivity contribution in [1.29, 1.82) is 0 Å². The molecule has 14 heavy (non-hydrogen) atoms. The summed E-state index contributed by atoms with van der Waals surface area (Å²) in [4.78, 5) is 9.06. The third-order valence-electron chi connectivity index (χ3n) is 2.23. The summed E-state index contributed by atoms with van der Waals surface area (Å²) in [5.41, 5.74) is 1.95. The van der Waals surface area contributed by atoms with Gasteiger partial charge in [-0.25, -0.2) is 10.9 Å². The summed E-state index contributed by atoms with van der Waals surface area (Å²) in [6, 6.07) is 5.91. The fourth-order valence-corrected chi connectivity index (χ4v) is 1.42. The smallest absolute Gasteiger partial charge is 0.136 e. The van der Waals surface area contributed by atoms with Crippen LogP contribution in [0.3, 0.4) is 0 Å². The minimum absolute atomic E-state index is 0.222. The van der Waals surface area contributed by atoms with Crippen LogP contribution < -0.4 is 5.90 Å². The molecule has 2 aromatic heterocycles. The predicted octanol–water partition coefficient (Wildman–Crippen LogP) is 1.33. The first-order valence-corrected chi connectivity index (χ1v) is 4.56. The van der Waals surface area contributed by atoms with Crippen molar-refractivity contribution < 1.29 is 4.84 Å². The van der Waals surface area contributed by atoms with E-state index < -0.39 is 0 Å². The van der Waals surface area contributed by atoms with Crippen LogP contribution in [0.25, 0.3) is 5.65 Å². The highest BCUT2D eigenvalue weighted by atomic mass is 16.6. The van der Waals surface area contributed by atoms with E-state index in [4.69, 9.17) is 5.90 Å². The van der Waals surface area contributed by atoms with Crippen LogP contribution in [0, 0.1) is 0 Å². The Hall–Kier alpha value is -1.39. The molecule has 0 aliphatic heterocycles. The van der Waals surface area contributed by atoms with Gasteiger partial charge >= 0.3 is 0 Å². The fourth-order valence-electron chi connectivity index (χ4n) is 1.42. The first-order valence-electron chi connectivity index (χ1n) is 4.56. The lowest BCUT2D eigenvalue weighted by Gasteiger charge is -2.04. The van der Waals surface area contributed by atoms with Crippen LogP contribution in [0.4, 0.5) is 0 Å². The molecule has 0 radical (unpaired) electrons. The Bertz CT molecular complexity index is 391. The van der Waals surface area contributed by atoms with Gasteiger partial charge in [-0.05, 0) is 12.1 Å². The molecule has 2 rings (SSSR count). The van der Waals surface area contributed by atoms with Gasteiger partial charge in [-0.2, -0.15) is 0 Å². The Morgan fingerprint density at radius 2 is 2.43 bits per heavy atom. The van der Waals surface area contributed by atoms with Crippen LogP contribution in [-0.4, -0.2) is 16.0 Å². The molecule has 0 spiro atoms. The number of hydrogen-bond acceptors (Lipinski definition) is 3. The van der Waals surface area contributed by atoms with Gasteiger partial charge in [-0.1, -0.05) is 13.0 Å². The molecular formula is C10H13N3O. The van der Waals surface area contributed by atoms with E-state index in [2.05, 4.69) is 9.82 Å². The molecule has 4 heteroatoms. The molecule has 1 atom stereocenters. The monoisotopic (exact) mass is 191 g/mol. The van der Waals surface area contributed by atoms with Crippen LogP contribution in [0.1, 0.15) is 18.5 Å². The van der Waals surface area contributed by atoms with Crippen molar-refractivity contribution in [1.82, 2.24) is 9.38 Å². The van der Waals surface area contributed by atoms with Gasteiger partial charge < -0.3 is 9.24 Å². The summed E-state index contributed by atoms with van der Waals surface area (Å²) in [7, 11) is 0. The lowest BCUT2D eigenvalue weighted by molar-refractivity contribution is 0.126. The third kappa shape index (κ3) is 1.62.